The molecular formula is C28H31F2N7OS. The van der Waals surface area contributed by atoms with Gasteiger partial charge >= 0.3 is 6.03 Å². The number of halogens is 2. The Bertz CT molecular complexity index is 1460. The van der Waals surface area contributed by atoms with Crippen LogP contribution in [0.2, 0.25) is 0 Å². The van der Waals surface area contributed by atoms with Crippen molar-refractivity contribution in [3.63, 3.8) is 0 Å². The number of carbonyl (C=O) groups excluding carboxylic acids is 1. The highest BCUT2D eigenvalue weighted by Gasteiger charge is 2.19. The van der Waals surface area contributed by atoms with Crippen LogP contribution in [0.4, 0.5) is 19.5 Å². The minimum atomic E-state index is -0.569. The molecule has 1 fully saturated rings. The standard InChI is InChI=1S/C26H25F2N7OS.C2H6/c1-2-6-29-13-17-14-32-22(28)12-19(17)18-5-3-4-16-11-21(37-24(16)18)23-20(27)15-33-25(34-23)30-7-9-35-10-8-31-26(35)36;1-2/h2-5,11-12,14-15,29H,1,6-10,13H2,(H,31,36)(H,30,33,34);1-2H3. The van der Waals surface area contributed by atoms with E-state index in [1.165, 1.54) is 23.6 Å². The Morgan fingerprint density at radius 3 is 2.79 bits per heavy atom. The van der Waals surface area contributed by atoms with Crippen LogP contribution in [0.5, 0.6) is 0 Å². The predicted molar refractivity (Wildman–Crippen MR) is 153 cm³/mol. The summed E-state index contributed by atoms with van der Waals surface area (Å²) in [7, 11) is 0. The number of benzene rings is 1. The molecule has 0 bridgehead atoms. The zero-order valence-corrected chi connectivity index (χ0v) is 22.7. The molecule has 2 amide bonds. The third kappa shape index (κ3) is 6.55. The molecule has 1 aliphatic rings. The highest BCUT2D eigenvalue weighted by Crippen LogP contribution is 2.40. The second-order valence-electron chi connectivity index (χ2n) is 8.45. The van der Waals surface area contributed by atoms with Crippen molar-refractivity contribution in [3.8, 4) is 21.7 Å². The SMILES string of the molecule is C=CCNCc1cnc(F)cc1-c1cccc2cc(-c3nc(NCCN4CCNC4=O)ncc3F)sc12.CC. The van der Waals surface area contributed by atoms with Gasteiger partial charge in [-0.3, -0.25) is 0 Å². The highest BCUT2D eigenvalue weighted by atomic mass is 32.1. The number of urea groups is 1. The fourth-order valence-electron chi connectivity index (χ4n) is 4.20. The fraction of sp³-hybridized carbons (Fsp3) is 0.286. The molecule has 1 aliphatic heterocycles. The molecule has 8 nitrogen and oxygen atoms in total. The molecule has 204 valence electrons. The molecule has 3 N–H and O–H groups in total. The van der Waals surface area contributed by atoms with Crippen molar-refractivity contribution >= 4 is 33.4 Å². The van der Waals surface area contributed by atoms with Gasteiger partial charge in [0.25, 0.3) is 0 Å². The van der Waals surface area contributed by atoms with E-state index in [0.29, 0.717) is 44.1 Å². The van der Waals surface area contributed by atoms with Crippen molar-refractivity contribution in [3.05, 3.63) is 72.7 Å². The lowest BCUT2D eigenvalue weighted by molar-refractivity contribution is 0.219. The summed E-state index contributed by atoms with van der Waals surface area (Å²) < 4.78 is 29.9. The van der Waals surface area contributed by atoms with Crippen molar-refractivity contribution in [1.82, 2.24) is 30.5 Å². The first kappa shape index (κ1) is 28.1. The van der Waals surface area contributed by atoms with E-state index in [2.05, 4.69) is 37.5 Å². The van der Waals surface area contributed by atoms with Crippen molar-refractivity contribution in [1.29, 1.82) is 0 Å². The molecule has 0 aliphatic carbocycles. The third-order valence-electron chi connectivity index (χ3n) is 5.98. The molecule has 4 aromatic rings. The number of anilines is 1. The van der Waals surface area contributed by atoms with Crippen molar-refractivity contribution in [2.45, 2.75) is 20.4 Å². The minimum Gasteiger partial charge on any atom is -0.352 e. The summed E-state index contributed by atoms with van der Waals surface area (Å²) in [5.74, 6) is -0.831. The fourth-order valence-corrected chi connectivity index (χ4v) is 5.38. The highest BCUT2D eigenvalue weighted by molar-refractivity contribution is 7.22. The number of amides is 2. The number of hydrogen-bond donors (Lipinski definition) is 3. The van der Waals surface area contributed by atoms with Crippen LogP contribution in [-0.4, -0.2) is 58.6 Å². The molecule has 0 spiro atoms. The molecule has 1 aromatic carbocycles. The van der Waals surface area contributed by atoms with Crippen LogP contribution >= 0.6 is 11.3 Å². The zero-order valence-electron chi connectivity index (χ0n) is 21.9. The number of hydrogen-bond acceptors (Lipinski definition) is 7. The van der Waals surface area contributed by atoms with Crippen LogP contribution in [0.25, 0.3) is 31.8 Å². The zero-order chi connectivity index (χ0) is 27.8. The van der Waals surface area contributed by atoms with Crippen LogP contribution in [0.1, 0.15) is 19.4 Å². The van der Waals surface area contributed by atoms with E-state index in [9.17, 15) is 13.6 Å². The lowest BCUT2D eigenvalue weighted by atomic mass is 10.0. The number of thiophene rings is 1. The lowest BCUT2D eigenvalue weighted by Crippen LogP contribution is -2.32. The molecule has 0 saturated carbocycles. The molecule has 5 rings (SSSR count). The van der Waals surface area contributed by atoms with Gasteiger partial charge in [0, 0.05) is 61.8 Å². The average Bonchev–Trinajstić information content (AvgIpc) is 3.57. The first-order valence-electron chi connectivity index (χ1n) is 12.8. The Morgan fingerprint density at radius 1 is 1.18 bits per heavy atom. The van der Waals surface area contributed by atoms with Crippen molar-refractivity contribution in [2.75, 3.05) is 38.0 Å². The monoisotopic (exact) mass is 551 g/mol. The van der Waals surface area contributed by atoms with Gasteiger partial charge in [-0.2, -0.15) is 4.39 Å². The molecule has 0 atom stereocenters. The summed E-state index contributed by atoms with van der Waals surface area (Å²) in [4.78, 5) is 26.3. The molecule has 1 saturated heterocycles. The maximum Gasteiger partial charge on any atom is 0.317 e. The quantitative estimate of drug-likeness (QED) is 0.138. The van der Waals surface area contributed by atoms with Crippen LogP contribution in [0, 0.1) is 11.8 Å². The van der Waals surface area contributed by atoms with Gasteiger partial charge in [0.15, 0.2) is 5.82 Å². The van der Waals surface area contributed by atoms with Crippen LogP contribution in [-0.2, 0) is 6.54 Å². The minimum absolute atomic E-state index is 0.0997. The maximum atomic E-state index is 14.8. The normalized spacial score (nSPS) is 12.7. The number of pyridine rings is 1. The topological polar surface area (TPSA) is 95.1 Å². The Hall–Kier alpha value is -3.96. The number of aromatic nitrogens is 3. The third-order valence-corrected chi connectivity index (χ3v) is 7.17. The van der Waals surface area contributed by atoms with Gasteiger partial charge in [-0.15, -0.1) is 17.9 Å². The summed E-state index contributed by atoms with van der Waals surface area (Å²) in [5, 5.41) is 9.95. The number of nitrogens with one attached hydrogen (secondary N) is 3. The predicted octanol–water partition coefficient (Wildman–Crippen LogP) is 5.44. The number of fused-ring (bicyclic) bond motifs is 1. The van der Waals surface area contributed by atoms with E-state index in [0.717, 1.165) is 33.0 Å². The molecule has 3 aromatic heterocycles. The lowest BCUT2D eigenvalue weighted by Gasteiger charge is -2.14. The van der Waals surface area contributed by atoms with Crippen LogP contribution < -0.4 is 16.0 Å². The summed E-state index contributed by atoms with van der Waals surface area (Å²) in [6.45, 7) is 11.0. The summed E-state index contributed by atoms with van der Waals surface area (Å²) in [5.41, 5.74) is 2.58. The van der Waals surface area contributed by atoms with E-state index in [4.69, 9.17) is 0 Å². The summed E-state index contributed by atoms with van der Waals surface area (Å²) in [6, 6.07) is 8.95. The first-order valence-corrected chi connectivity index (χ1v) is 13.6. The molecular weight excluding hydrogens is 520 g/mol. The average molecular weight is 552 g/mol. The van der Waals surface area contributed by atoms with Gasteiger partial charge in [0.05, 0.1) is 11.1 Å². The van der Waals surface area contributed by atoms with E-state index < -0.39 is 11.8 Å². The largest absolute Gasteiger partial charge is 0.352 e. The van der Waals surface area contributed by atoms with Gasteiger partial charge in [-0.25, -0.2) is 24.1 Å². The molecule has 39 heavy (non-hydrogen) atoms. The number of nitrogens with zero attached hydrogens (tertiary/aromatic N) is 4. The van der Waals surface area contributed by atoms with E-state index >= 15 is 0 Å². The molecule has 0 radical (unpaired) electrons. The van der Waals surface area contributed by atoms with Gasteiger partial charge in [-0.05, 0) is 22.6 Å². The van der Waals surface area contributed by atoms with Gasteiger partial charge in [0.2, 0.25) is 11.9 Å². The Labute approximate surface area is 230 Å². The molecule has 4 heterocycles. The maximum absolute atomic E-state index is 14.8. The van der Waals surface area contributed by atoms with Crippen LogP contribution in [0.3, 0.4) is 0 Å². The first-order chi connectivity index (χ1) is 19.0. The molecule has 0 unspecified atom stereocenters. The summed E-state index contributed by atoms with van der Waals surface area (Å²) >= 11 is 1.38. The van der Waals surface area contributed by atoms with Crippen molar-refractivity contribution in [2.24, 2.45) is 0 Å². The van der Waals surface area contributed by atoms with E-state index in [1.54, 1.807) is 11.0 Å². The van der Waals surface area contributed by atoms with Gasteiger partial charge in [-0.1, -0.05) is 38.1 Å². The van der Waals surface area contributed by atoms with E-state index in [-0.39, 0.29) is 17.7 Å². The van der Waals surface area contributed by atoms with E-state index in [1.807, 2.05) is 38.1 Å². The number of rotatable bonds is 10. The Morgan fingerprint density at radius 2 is 2.03 bits per heavy atom. The van der Waals surface area contributed by atoms with Crippen LogP contribution in [0.15, 0.2) is 55.4 Å². The van der Waals surface area contributed by atoms with Gasteiger partial charge < -0.3 is 20.9 Å². The Balaban J connectivity index is 0.00000172. The second kappa shape index (κ2) is 13.2. The summed E-state index contributed by atoms with van der Waals surface area (Å²) in [6.07, 6.45) is 4.42. The Kier molecular flexibility index (Phi) is 9.50. The van der Waals surface area contributed by atoms with Crippen molar-refractivity contribution < 1.29 is 13.6 Å². The molecule has 11 heteroatoms. The van der Waals surface area contributed by atoms with Gasteiger partial charge in [0.1, 0.15) is 5.69 Å². The number of carbonyl (C=O) groups is 1. The second-order valence-corrected chi connectivity index (χ2v) is 9.51. The smallest absolute Gasteiger partial charge is 0.317 e.